The van der Waals surface area contributed by atoms with Gasteiger partial charge in [0.1, 0.15) is 5.82 Å². The zero-order valence-electron chi connectivity index (χ0n) is 17.8. The molecule has 0 N–H and O–H groups in total. The molecule has 1 saturated heterocycles. The maximum atomic E-state index is 13.6. The average Bonchev–Trinajstić information content (AvgIpc) is 3.45. The van der Waals surface area contributed by atoms with Crippen LogP contribution in [0.5, 0.6) is 0 Å². The number of ether oxygens (including phenoxy) is 1. The van der Waals surface area contributed by atoms with Gasteiger partial charge in [0.15, 0.2) is 5.82 Å². The minimum Gasteiger partial charge on any atom is -0.379 e. The van der Waals surface area contributed by atoms with E-state index < -0.39 is 0 Å². The van der Waals surface area contributed by atoms with Crippen molar-refractivity contribution in [3.63, 3.8) is 0 Å². The van der Waals surface area contributed by atoms with Gasteiger partial charge in [0, 0.05) is 44.2 Å². The lowest BCUT2D eigenvalue weighted by atomic mass is 10.0. The summed E-state index contributed by atoms with van der Waals surface area (Å²) in [4.78, 5) is 17.9. The molecule has 7 heteroatoms. The molecule has 160 valence electrons. The summed E-state index contributed by atoms with van der Waals surface area (Å²) in [5.74, 6) is 2.70. The molecule has 3 aliphatic rings. The summed E-state index contributed by atoms with van der Waals surface area (Å²) in [5, 5.41) is 9.07. The molecule has 1 aliphatic carbocycles. The van der Waals surface area contributed by atoms with E-state index in [1.54, 1.807) is 0 Å². The number of morpholine rings is 1. The van der Waals surface area contributed by atoms with Gasteiger partial charge in [-0.15, -0.1) is 10.2 Å². The molecule has 0 spiro atoms. The lowest BCUT2D eigenvalue weighted by Crippen LogP contribution is -2.42. The Morgan fingerprint density at radius 3 is 2.57 bits per heavy atom. The summed E-state index contributed by atoms with van der Waals surface area (Å²) >= 11 is 0. The van der Waals surface area contributed by atoms with Gasteiger partial charge in [-0.3, -0.25) is 9.69 Å². The number of hydrogen-bond acceptors (Lipinski definition) is 5. The standard InChI is InChI=1S/C23H31N5O2/c1-17-21-24-25-22(18-6-2-3-7-18)28(21)11-10-27(17)23(29)20-9-5-4-8-19(20)16-26-12-14-30-15-13-26/h4-5,8-9,17-18H,2-3,6-7,10-16H2,1H3. The first-order valence-corrected chi connectivity index (χ1v) is 11.3. The van der Waals surface area contributed by atoms with Crippen LogP contribution in [0.2, 0.25) is 0 Å². The Kier molecular flexibility index (Phi) is 5.56. The van der Waals surface area contributed by atoms with Crippen LogP contribution in [0.3, 0.4) is 0 Å². The van der Waals surface area contributed by atoms with E-state index in [2.05, 4.69) is 32.7 Å². The molecule has 3 heterocycles. The molecule has 5 rings (SSSR count). The van der Waals surface area contributed by atoms with Gasteiger partial charge in [-0.05, 0) is 31.4 Å². The van der Waals surface area contributed by atoms with Gasteiger partial charge in [0.25, 0.3) is 5.91 Å². The average molecular weight is 410 g/mol. The van der Waals surface area contributed by atoms with Crippen molar-refractivity contribution in [3.05, 3.63) is 47.0 Å². The Balaban J connectivity index is 1.36. The van der Waals surface area contributed by atoms with Crippen molar-refractivity contribution < 1.29 is 9.53 Å². The zero-order chi connectivity index (χ0) is 20.5. The van der Waals surface area contributed by atoms with Crippen LogP contribution in [0, 0.1) is 0 Å². The SMILES string of the molecule is CC1c2nnc(C3CCCC3)n2CCN1C(=O)c1ccccc1CN1CCOCC1. The van der Waals surface area contributed by atoms with Crippen LogP contribution in [0.25, 0.3) is 0 Å². The first-order valence-electron chi connectivity index (χ1n) is 11.3. The lowest BCUT2D eigenvalue weighted by Gasteiger charge is -2.35. The highest BCUT2D eigenvalue weighted by Gasteiger charge is 2.34. The third-order valence-corrected chi connectivity index (χ3v) is 6.94. The minimum atomic E-state index is -0.0645. The van der Waals surface area contributed by atoms with E-state index in [9.17, 15) is 4.79 Å². The number of hydrogen-bond donors (Lipinski definition) is 0. The molecule has 2 aliphatic heterocycles. The van der Waals surface area contributed by atoms with Crippen LogP contribution in [0.4, 0.5) is 0 Å². The second-order valence-electron chi connectivity index (χ2n) is 8.77. The normalized spacial score (nSPS) is 23.0. The van der Waals surface area contributed by atoms with E-state index in [4.69, 9.17) is 4.74 Å². The van der Waals surface area contributed by atoms with E-state index in [1.165, 1.54) is 25.7 Å². The number of fused-ring (bicyclic) bond motifs is 1. The van der Waals surface area contributed by atoms with Crippen LogP contribution in [-0.4, -0.2) is 63.3 Å². The van der Waals surface area contributed by atoms with E-state index in [1.807, 2.05) is 23.1 Å². The van der Waals surface area contributed by atoms with Crippen LogP contribution in [-0.2, 0) is 17.8 Å². The minimum absolute atomic E-state index is 0.0645. The second kappa shape index (κ2) is 8.47. The molecule has 7 nitrogen and oxygen atoms in total. The summed E-state index contributed by atoms with van der Waals surface area (Å²) in [6, 6.07) is 7.97. The fourth-order valence-corrected chi connectivity index (χ4v) is 5.19. The van der Waals surface area contributed by atoms with E-state index >= 15 is 0 Å². The lowest BCUT2D eigenvalue weighted by molar-refractivity contribution is 0.0339. The van der Waals surface area contributed by atoms with Gasteiger partial charge in [-0.2, -0.15) is 0 Å². The second-order valence-corrected chi connectivity index (χ2v) is 8.77. The molecule has 1 atom stereocenters. The van der Waals surface area contributed by atoms with Crippen molar-refractivity contribution in [2.45, 2.75) is 57.7 Å². The van der Waals surface area contributed by atoms with Crippen LogP contribution in [0.15, 0.2) is 24.3 Å². The molecule has 0 radical (unpaired) electrons. The highest BCUT2D eigenvalue weighted by Crippen LogP contribution is 2.36. The highest BCUT2D eigenvalue weighted by atomic mass is 16.5. The maximum Gasteiger partial charge on any atom is 0.254 e. The van der Waals surface area contributed by atoms with Crippen molar-refractivity contribution in [2.24, 2.45) is 0 Å². The van der Waals surface area contributed by atoms with Gasteiger partial charge < -0.3 is 14.2 Å². The maximum absolute atomic E-state index is 13.6. The number of rotatable bonds is 4. The molecule has 30 heavy (non-hydrogen) atoms. The summed E-state index contributed by atoms with van der Waals surface area (Å²) in [6.45, 7) is 7.71. The van der Waals surface area contributed by atoms with Crippen LogP contribution >= 0.6 is 0 Å². The Bertz CT molecular complexity index is 899. The van der Waals surface area contributed by atoms with Gasteiger partial charge in [0.2, 0.25) is 0 Å². The largest absolute Gasteiger partial charge is 0.379 e. The third-order valence-electron chi connectivity index (χ3n) is 6.94. The van der Waals surface area contributed by atoms with Gasteiger partial charge in [-0.1, -0.05) is 31.0 Å². The number of benzene rings is 1. The Labute approximate surface area is 178 Å². The van der Waals surface area contributed by atoms with Crippen molar-refractivity contribution in [3.8, 4) is 0 Å². The molecule has 2 aromatic rings. The van der Waals surface area contributed by atoms with Gasteiger partial charge in [-0.25, -0.2) is 0 Å². The summed E-state index contributed by atoms with van der Waals surface area (Å²) in [6.07, 6.45) is 4.99. The molecular formula is C23H31N5O2. The first kappa shape index (κ1) is 19.7. The number of carbonyl (C=O) groups excluding carboxylic acids is 1. The third kappa shape index (κ3) is 3.65. The molecular weight excluding hydrogens is 378 g/mol. The Hall–Kier alpha value is -2.25. The fraction of sp³-hybridized carbons (Fsp3) is 0.609. The zero-order valence-corrected chi connectivity index (χ0v) is 17.8. The number of carbonyl (C=O) groups is 1. The molecule has 1 amide bonds. The van der Waals surface area contributed by atoms with Gasteiger partial charge >= 0.3 is 0 Å². The Morgan fingerprint density at radius 1 is 1.03 bits per heavy atom. The van der Waals surface area contributed by atoms with Crippen molar-refractivity contribution in [2.75, 3.05) is 32.8 Å². The summed E-state index contributed by atoms with van der Waals surface area (Å²) < 4.78 is 7.75. The van der Waals surface area contributed by atoms with Crippen molar-refractivity contribution >= 4 is 5.91 Å². The Morgan fingerprint density at radius 2 is 1.77 bits per heavy atom. The smallest absolute Gasteiger partial charge is 0.254 e. The first-order chi connectivity index (χ1) is 14.7. The van der Waals surface area contributed by atoms with E-state index in [-0.39, 0.29) is 11.9 Å². The van der Waals surface area contributed by atoms with Crippen molar-refractivity contribution in [1.29, 1.82) is 0 Å². The van der Waals surface area contributed by atoms with Crippen molar-refractivity contribution in [1.82, 2.24) is 24.6 Å². The molecule has 1 aromatic heterocycles. The predicted molar refractivity (Wildman–Crippen MR) is 113 cm³/mol. The highest BCUT2D eigenvalue weighted by molar-refractivity contribution is 5.96. The summed E-state index contributed by atoms with van der Waals surface area (Å²) in [7, 11) is 0. The topological polar surface area (TPSA) is 63.5 Å². The number of amides is 1. The quantitative estimate of drug-likeness (QED) is 0.777. The monoisotopic (exact) mass is 409 g/mol. The molecule has 2 fully saturated rings. The predicted octanol–water partition coefficient (Wildman–Crippen LogP) is 2.98. The molecule has 1 aromatic carbocycles. The summed E-state index contributed by atoms with van der Waals surface area (Å²) in [5.41, 5.74) is 1.90. The molecule has 1 unspecified atom stereocenters. The van der Waals surface area contributed by atoms with Gasteiger partial charge in [0.05, 0.1) is 19.3 Å². The molecule has 1 saturated carbocycles. The molecule has 0 bridgehead atoms. The van der Waals surface area contributed by atoms with E-state index in [0.717, 1.165) is 62.2 Å². The van der Waals surface area contributed by atoms with Crippen LogP contribution in [0.1, 0.15) is 72.1 Å². The number of aromatic nitrogens is 3. The number of nitrogens with zero attached hydrogens (tertiary/aromatic N) is 5. The van der Waals surface area contributed by atoms with E-state index in [0.29, 0.717) is 12.5 Å². The fourth-order valence-electron chi connectivity index (χ4n) is 5.19. The van der Waals surface area contributed by atoms with Crippen LogP contribution < -0.4 is 0 Å².